The Labute approximate surface area is 167 Å². The van der Waals surface area contributed by atoms with Crippen LogP contribution < -0.4 is 10.5 Å². The number of anilines is 1. The molecule has 1 aliphatic heterocycles. The van der Waals surface area contributed by atoms with Crippen LogP contribution in [-0.2, 0) is 0 Å². The summed E-state index contributed by atoms with van der Waals surface area (Å²) in [6, 6.07) is 15.5. The summed E-state index contributed by atoms with van der Waals surface area (Å²) in [5.74, 6) is 0.577. The fraction of sp³-hybridized carbons (Fsp3) is 0.273. The van der Waals surface area contributed by atoms with Gasteiger partial charge in [0.05, 0.1) is 0 Å². The van der Waals surface area contributed by atoms with E-state index in [1.165, 1.54) is 0 Å². The molecule has 2 aromatic carbocycles. The number of fused-ring (bicyclic) bond motifs is 1. The van der Waals surface area contributed by atoms with Gasteiger partial charge in [-0.05, 0) is 36.2 Å². The number of thioether (sulfide) groups is 1. The number of hydrogen-bond donors (Lipinski definition) is 0. The third-order valence-electron chi connectivity index (χ3n) is 5.13. The summed E-state index contributed by atoms with van der Waals surface area (Å²) < 4.78 is 5.42. The van der Waals surface area contributed by atoms with Gasteiger partial charge >= 0.3 is 5.63 Å². The second kappa shape index (κ2) is 7.36. The molecule has 6 heteroatoms. The van der Waals surface area contributed by atoms with E-state index in [9.17, 15) is 9.59 Å². The molecule has 0 bridgehead atoms. The molecule has 0 spiro atoms. The number of rotatable bonds is 3. The first-order chi connectivity index (χ1) is 13.5. The number of benzene rings is 2. The molecule has 0 radical (unpaired) electrons. The van der Waals surface area contributed by atoms with E-state index in [0.29, 0.717) is 17.7 Å². The molecule has 4 rings (SSSR count). The quantitative estimate of drug-likeness (QED) is 0.627. The Morgan fingerprint density at radius 1 is 1.14 bits per heavy atom. The molecule has 1 aromatic heterocycles. The van der Waals surface area contributed by atoms with E-state index < -0.39 is 5.63 Å². The zero-order valence-corrected chi connectivity index (χ0v) is 17.0. The predicted octanol–water partition coefficient (Wildman–Crippen LogP) is 4.06. The summed E-state index contributed by atoms with van der Waals surface area (Å²) >= 11 is 1.71. The maximum atomic E-state index is 13.3. The van der Waals surface area contributed by atoms with Gasteiger partial charge in [-0.25, -0.2) is 4.79 Å². The zero-order chi connectivity index (χ0) is 19.8. The van der Waals surface area contributed by atoms with E-state index >= 15 is 0 Å². The van der Waals surface area contributed by atoms with E-state index in [1.807, 2.05) is 68.4 Å². The van der Waals surface area contributed by atoms with Gasteiger partial charge in [-0.1, -0.05) is 30.3 Å². The van der Waals surface area contributed by atoms with Crippen molar-refractivity contribution in [1.29, 1.82) is 0 Å². The van der Waals surface area contributed by atoms with Gasteiger partial charge in [-0.2, -0.15) is 0 Å². The van der Waals surface area contributed by atoms with Crippen molar-refractivity contribution in [3.63, 3.8) is 0 Å². The molecule has 0 aliphatic carbocycles. The highest BCUT2D eigenvalue weighted by atomic mass is 32.2. The second-order valence-corrected chi connectivity index (χ2v) is 8.28. The Morgan fingerprint density at radius 2 is 1.86 bits per heavy atom. The van der Waals surface area contributed by atoms with Crippen LogP contribution in [0.1, 0.15) is 26.9 Å². The molecule has 1 fully saturated rings. The molecule has 1 amide bonds. The number of hydrogen-bond acceptors (Lipinski definition) is 5. The third kappa shape index (κ3) is 3.18. The molecule has 144 valence electrons. The molecule has 1 aliphatic rings. The lowest BCUT2D eigenvalue weighted by Crippen LogP contribution is -2.34. The average Bonchev–Trinajstić information content (AvgIpc) is 3.18. The lowest BCUT2D eigenvalue weighted by atomic mass is 10.0. The smallest absolute Gasteiger partial charge is 0.349 e. The Balaban J connectivity index is 1.71. The summed E-state index contributed by atoms with van der Waals surface area (Å²) in [5.41, 5.74) is 2.92. The van der Waals surface area contributed by atoms with Gasteiger partial charge in [0.2, 0.25) is 0 Å². The van der Waals surface area contributed by atoms with Crippen molar-refractivity contribution in [2.45, 2.75) is 12.3 Å². The van der Waals surface area contributed by atoms with Gasteiger partial charge in [-0.3, -0.25) is 4.79 Å². The highest BCUT2D eigenvalue weighted by Gasteiger charge is 2.34. The van der Waals surface area contributed by atoms with Crippen molar-refractivity contribution in [3.05, 3.63) is 75.6 Å². The van der Waals surface area contributed by atoms with Crippen LogP contribution in [0.4, 0.5) is 5.69 Å². The lowest BCUT2D eigenvalue weighted by molar-refractivity contribution is 0.0755. The average molecular weight is 394 g/mol. The number of amides is 1. The number of aryl methyl sites for hydroxylation is 1. The Hall–Kier alpha value is -2.73. The van der Waals surface area contributed by atoms with Crippen LogP contribution in [0.3, 0.4) is 0 Å². The molecular weight excluding hydrogens is 372 g/mol. The van der Waals surface area contributed by atoms with Crippen LogP contribution >= 0.6 is 11.8 Å². The number of carbonyl (C=O) groups excluding carboxylic acids is 1. The van der Waals surface area contributed by atoms with E-state index in [-0.39, 0.29) is 16.8 Å². The molecule has 2 heterocycles. The fourth-order valence-corrected chi connectivity index (χ4v) is 4.84. The van der Waals surface area contributed by atoms with Crippen molar-refractivity contribution in [2.75, 3.05) is 31.3 Å². The largest absolute Gasteiger partial charge is 0.422 e. The molecule has 1 atom stereocenters. The van der Waals surface area contributed by atoms with Crippen molar-refractivity contribution < 1.29 is 9.21 Å². The predicted molar refractivity (Wildman–Crippen MR) is 114 cm³/mol. The van der Waals surface area contributed by atoms with Gasteiger partial charge in [0.25, 0.3) is 5.91 Å². The van der Waals surface area contributed by atoms with Gasteiger partial charge < -0.3 is 14.2 Å². The van der Waals surface area contributed by atoms with Crippen molar-refractivity contribution >= 4 is 34.3 Å². The molecule has 0 saturated carbocycles. The molecule has 5 nitrogen and oxygen atoms in total. The standard InChI is InChI=1S/C22H22N2O3S/c1-14-17-6-4-5-7-18(17)27-22(26)19(14)20(25)24-12-13-28-21(24)15-8-10-16(11-9-15)23(2)3/h4-11,21H,12-13H2,1-3H3. The second-order valence-electron chi connectivity index (χ2n) is 7.09. The molecule has 1 saturated heterocycles. The molecule has 3 aromatic rings. The first kappa shape index (κ1) is 18.6. The lowest BCUT2D eigenvalue weighted by Gasteiger charge is -2.25. The summed E-state index contributed by atoms with van der Waals surface area (Å²) in [6.45, 7) is 2.42. The van der Waals surface area contributed by atoms with Crippen LogP contribution in [0.2, 0.25) is 0 Å². The third-order valence-corrected chi connectivity index (χ3v) is 6.39. The highest BCUT2D eigenvalue weighted by Crippen LogP contribution is 2.39. The number of carbonyl (C=O) groups is 1. The topological polar surface area (TPSA) is 53.8 Å². The molecule has 28 heavy (non-hydrogen) atoms. The molecule has 0 N–H and O–H groups in total. The number of para-hydroxylation sites is 1. The maximum Gasteiger partial charge on any atom is 0.349 e. The minimum atomic E-state index is -0.570. The van der Waals surface area contributed by atoms with Gasteiger partial charge in [0, 0.05) is 37.5 Å². The van der Waals surface area contributed by atoms with Gasteiger partial charge in [0.1, 0.15) is 16.5 Å². The minimum absolute atomic E-state index is 0.103. The number of nitrogens with zero attached hydrogens (tertiary/aromatic N) is 2. The van der Waals surface area contributed by atoms with Crippen molar-refractivity contribution in [2.24, 2.45) is 0 Å². The van der Waals surface area contributed by atoms with E-state index in [1.54, 1.807) is 22.7 Å². The van der Waals surface area contributed by atoms with Gasteiger partial charge in [0.15, 0.2) is 0 Å². The Kier molecular flexibility index (Phi) is 4.89. The Bertz CT molecular complexity index is 1090. The maximum absolute atomic E-state index is 13.3. The van der Waals surface area contributed by atoms with E-state index in [4.69, 9.17) is 4.42 Å². The SMILES string of the molecule is Cc1c(C(=O)N2CCSC2c2ccc(N(C)C)cc2)c(=O)oc2ccccc12. The fourth-order valence-electron chi connectivity index (χ4n) is 3.59. The van der Waals surface area contributed by atoms with Crippen molar-refractivity contribution in [3.8, 4) is 0 Å². The van der Waals surface area contributed by atoms with Gasteiger partial charge in [-0.15, -0.1) is 11.8 Å². The highest BCUT2D eigenvalue weighted by molar-refractivity contribution is 7.99. The van der Waals surface area contributed by atoms with Crippen LogP contribution in [0.25, 0.3) is 11.0 Å². The summed E-state index contributed by atoms with van der Waals surface area (Å²) in [7, 11) is 3.99. The van der Waals surface area contributed by atoms with Crippen LogP contribution in [0, 0.1) is 6.92 Å². The minimum Gasteiger partial charge on any atom is -0.422 e. The summed E-state index contributed by atoms with van der Waals surface area (Å²) in [6.07, 6.45) is 0. The van der Waals surface area contributed by atoms with Crippen LogP contribution in [0.5, 0.6) is 0 Å². The van der Waals surface area contributed by atoms with Crippen molar-refractivity contribution in [1.82, 2.24) is 4.90 Å². The van der Waals surface area contributed by atoms with E-state index in [2.05, 4.69) is 0 Å². The van der Waals surface area contributed by atoms with Crippen LogP contribution in [-0.4, -0.2) is 37.2 Å². The Morgan fingerprint density at radius 3 is 2.57 bits per heavy atom. The first-order valence-electron chi connectivity index (χ1n) is 9.19. The molecular formula is C22H22N2O3S. The zero-order valence-electron chi connectivity index (χ0n) is 16.1. The first-order valence-corrected chi connectivity index (χ1v) is 10.2. The van der Waals surface area contributed by atoms with E-state index in [0.717, 1.165) is 22.4 Å². The monoisotopic (exact) mass is 394 g/mol. The molecule has 1 unspecified atom stereocenters. The summed E-state index contributed by atoms with van der Waals surface area (Å²) in [5, 5.41) is 0.693. The normalized spacial score (nSPS) is 16.5. The van der Waals surface area contributed by atoms with Crippen LogP contribution in [0.15, 0.2) is 57.7 Å². The summed E-state index contributed by atoms with van der Waals surface area (Å²) in [4.78, 5) is 29.7.